The summed E-state index contributed by atoms with van der Waals surface area (Å²) in [6.07, 6.45) is 1.94. The molecule has 1 aromatic heterocycles. The highest BCUT2D eigenvalue weighted by molar-refractivity contribution is 5.98. The van der Waals surface area contributed by atoms with E-state index in [0.717, 1.165) is 40.6 Å². The lowest BCUT2D eigenvalue weighted by Crippen LogP contribution is -2.24. The van der Waals surface area contributed by atoms with E-state index in [2.05, 4.69) is 15.6 Å². The minimum Gasteiger partial charge on any atom is -0.348 e. The molecule has 1 saturated carbocycles. The molecule has 1 heterocycles. The lowest BCUT2D eigenvalue weighted by Gasteiger charge is -2.11. The van der Waals surface area contributed by atoms with E-state index in [1.807, 2.05) is 62.4 Å². The molecule has 3 aromatic rings. The maximum atomic E-state index is 12.7. The van der Waals surface area contributed by atoms with E-state index in [0.29, 0.717) is 17.8 Å². The van der Waals surface area contributed by atoms with Crippen molar-refractivity contribution in [1.29, 1.82) is 0 Å². The zero-order chi connectivity index (χ0) is 19.7. The zero-order valence-electron chi connectivity index (χ0n) is 16.1. The summed E-state index contributed by atoms with van der Waals surface area (Å²) in [7, 11) is 0. The van der Waals surface area contributed by atoms with Gasteiger partial charge in [0, 0.05) is 23.5 Å². The molecule has 142 valence electrons. The summed E-state index contributed by atoms with van der Waals surface area (Å²) in [5.41, 5.74) is 5.01. The maximum Gasteiger partial charge on any atom is 0.253 e. The molecule has 0 atom stereocenters. The van der Waals surface area contributed by atoms with Crippen molar-refractivity contribution >= 4 is 28.4 Å². The standard InChI is InChI=1S/C23H23N3O2/c1-14-6-9-21-18(10-14)12-20(15(2)25-21)23(28)24-13-16-4-3-5-19(11-16)26-22(27)17-7-8-17/h3-6,9-12,17H,7-8,13H2,1-2H3,(H,24,28)(H,26,27). The highest BCUT2D eigenvalue weighted by Crippen LogP contribution is 2.30. The molecule has 1 aliphatic carbocycles. The molecule has 0 spiro atoms. The van der Waals surface area contributed by atoms with Gasteiger partial charge >= 0.3 is 0 Å². The van der Waals surface area contributed by atoms with Crippen molar-refractivity contribution in [2.75, 3.05) is 5.32 Å². The Hall–Kier alpha value is -3.21. The molecule has 2 amide bonds. The van der Waals surface area contributed by atoms with Crippen LogP contribution in [-0.2, 0) is 11.3 Å². The normalized spacial score (nSPS) is 13.4. The van der Waals surface area contributed by atoms with Crippen LogP contribution in [0.4, 0.5) is 5.69 Å². The molecular formula is C23H23N3O2. The Bertz CT molecular complexity index is 1070. The van der Waals surface area contributed by atoms with Crippen LogP contribution >= 0.6 is 0 Å². The molecule has 4 rings (SSSR count). The third kappa shape index (κ3) is 4.03. The average molecular weight is 373 g/mol. The number of aryl methyl sites for hydroxylation is 2. The summed E-state index contributed by atoms with van der Waals surface area (Å²) >= 11 is 0. The second-order valence-electron chi connectivity index (χ2n) is 7.46. The van der Waals surface area contributed by atoms with Crippen molar-refractivity contribution in [3.8, 4) is 0 Å². The molecule has 28 heavy (non-hydrogen) atoms. The number of hydrogen-bond acceptors (Lipinski definition) is 3. The molecule has 0 bridgehead atoms. The molecular weight excluding hydrogens is 350 g/mol. The number of amides is 2. The number of aromatic nitrogens is 1. The molecule has 5 heteroatoms. The first-order chi connectivity index (χ1) is 13.5. The first-order valence-electron chi connectivity index (χ1n) is 9.55. The monoisotopic (exact) mass is 373 g/mol. The minimum absolute atomic E-state index is 0.0781. The van der Waals surface area contributed by atoms with Crippen LogP contribution in [0.25, 0.3) is 10.9 Å². The van der Waals surface area contributed by atoms with Gasteiger partial charge in [-0.2, -0.15) is 0 Å². The van der Waals surface area contributed by atoms with Crippen LogP contribution in [0.15, 0.2) is 48.5 Å². The molecule has 0 saturated heterocycles. The van der Waals surface area contributed by atoms with Gasteiger partial charge in [0.1, 0.15) is 0 Å². The quantitative estimate of drug-likeness (QED) is 0.706. The predicted octanol–water partition coefficient (Wildman–Crippen LogP) is 4.13. The summed E-state index contributed by atoms with van der Waals surface area (Å²) in [5, 5.41) is 6.85. The Morgan fingerprint density at radius 3 is 2.68 bits per heavy atom. The van der Waals surface area contributed by atoms with E-state index < -0.39 is 0 Å². The van der Waals surface area contributed by atoms with E-state index >= 15 is 0 Å². The van der Waals surface area contributed by atoms with Gasteiger partial charge in [-0.15, -0.1) is 0 Å². The van der Waals surface area contributed by atoms with E-state index in [1.165, 1.54) is 0 Å². The van der Waals surface area contributed by atoms with Crippen LogP contribution in [0.5, 0.6) is 0 Å². The molecule has 0 radical (unpaired) electrons. The van der Waals surface area contributed by atoms with E-state index in [-0.39, 0.29) is 17.7 Å². The fourth-order valence-electron chi connectivity index (χ4n) is 3.25. The number of fused-ring (bicyclic) bond motifs is 1. The predicted molar refractivity (Wildman–Crippen MR) is 110 cm³/mol. The lowest BCUT2D eigenvalue weighted by molar-refractivity contribution is -0.117. The van der Waals surface area contributed by atoms with E-state index in [9.17, 15) is 9.59 Å². The van der Waals surface area contributed by atoms with Gasteiger partial charge in [-0.3, -0.25) is 14.6 Å². The van der Waals surface area contributed by atoms with Gasteiger partial charge in [0.2, 0.25) is 5.91 Å². The third-order valence-corrected chi connectivity index (χ3v) is 5.00. The first-order valence-corrected chi connectivity index (χ1v) is 9.55. The van der Waals surface area contributed by atoms with Gasteiger partial charge in [0.05, 0.1) is 16.8 Å². The summed E-state index contributed by atoms with van der Waals surface area (Å²) in [4.78, 5) is 29.2. The van der Waals surface area contributed by atoms with Crippen molar-refractivity contribution in [2.24, 2.45) is 5.92 Å². The smallest absolute Gasteiger partial charge is 0.253 e. The number of carbonyl (C=O) groups excluding carboxylic acids is 2. The molecule has 0 aliphatic heterocycles. The van der Waals surface area contributed by atoms with E-state index in [1.54, 1.807) is 0 Å². The Morgan fingerprint density at radius 2 is 1.89 bits per heavy atom. The van der Waals surface area contributed by atoms with Crippen molar-refractivity contribution in [1.82, 2.24) is 10.3 Å². The number of benzene rings is 2. The molecule has 1 aliphatic rings. The number of hydrogen-bond donors (Lipinski definition) is 2. The average Bonchev–Trinajstić information content (AvgIpc) is 3.51. The summed E-state index contributed by atoms with van der Waals surface area (Å²) in [6.45, 7) is 4.26. The molecule has 5 nitrogen and oxygen atoms in total. The van der Waals surface area contributed by atoms with Crippen molar-refractivity contribution < 1.29 is 9.59 Å². The number of carbonyl (C=O) groups is 2. The van der Waals surface area contributed by atoms with Crippen molar-refractivity contribution in [3.05, 3.63) is 70.9 Å². The second-order valence-corrected chi connectivity index (χ2v) is 7.46. The second kappa shape index (κ2) is 7.43. The lowest BCUT2D eigenvalue weighted by atomic mass is 10.1. The van der Waals surface area contributed by atoms with Gasteiger partial charge in [-0.25, -0.2) is 0 Å². The number of anilines is 1. The van der Waals surface area contributed by atoms with Crippen LogP contribution in [0.3, 0.4) is 0 Å². The summed E-state index contributed by atoms with van der Waals surface area (Å²) < 4.78 is 0. The Morgan fingerprint density at radius 1 is 1.07 bits per heavy atom. The van der Waals surface area contributed by atoms with Crippen LogP contribution in [0, 0.1) is 19.8 Å². The Balaban J connectivity index is 1.46. The Kier molecular flexibility index (Phi) is 4.82. The molecule has 2 N–H and O–H groups in total. The van der Waals surface area contributed by atoms with Crippen LogP contribution in [-0.4, -0.2) is 16.8 Å². The van der Waals surface area contributed by atoms with Gasteiger partial charge in [0.25, 0.3) is 5.91 Å². The van der Waals surface area contributed by atoms with Gasteiger partial charge in [-0.05, 0) is 62.6 Å². The summed E-state index contributed by atoms with van der Waals surface area (Å²) in [5.74, 6) is 0.0885. The number of rotatable bonds is 5. The van der Waals surface area contributed by atoms with Crippen LogP contribution < -0.4 is 10.6 Å². The largest absolute Gasteiger partial charge is 0.348 e. The highest BCUT2D eigenvalue weighted by atomic mass is 16.2. The summed E-state index contributed by atoms with van der Waals surface area (Å²) in [6, 6.07) is 15.5. The van der Waals surface area contributed by atoms with Crippen molar-refractivity contribution in [2.45, 2.75) is 33.2 Å². The fourth-order valence-corrected chi connectivity index (χ4v) is 3.25. The number of pyridine rings is 1. The highest BCUT2D eigenvalue weighted by Gasteiger charge is 2.29. The van der Waals surface area contributed by atoms with E-state index in [4.69, 9.17) is 0 Å². The fraction of sp³-hybridized carbons (Fsp3) is 0.261. The molecule has 0 unspecified atom stereocenters. The van der Waals surface area contributed by atoms with Gasteiger partial charge < -0.3 is 10.6 Å². The van der Waals surface area contributed by atoms with Crippen LogP contribution in [0.1, 0.15) is 40.0 Å². The number of nitrogens with one attached hydrogen (secondary N) is 2. The van der Waals surface area contributed by atoms with Crippen molar-refractivity contribution in [3.63, 3.8) is 0 Å². The first kappa shape index (κ1) is 18.2. The van der Waals surface area contributed by atoms with Crippen LogP contribution in [0.2, 0.25) is 0 Å². The minimum atomic E-state index is -0.152. The topological polar surface area (TPSA) is 71.1 Å². The number of nitrogens with zero attached hydrogens (tertiary/aromatic N) is 1. The SMILES string of the molecule is Cc1ccc2nc(C)c(C(=O)NCc3cccc(NC(=O)C4CC4)c3)cc2c1. The molecule has 1 fully saturated rings. The third-order valence-electron chi connectivity index (χ3n) is 5.00. The van der Waals surface area contributed by atoms with Gasteiger partial charge in [0.15, 0.2) is 0 Å². The maximum absolute atomic E-state index is 12.7. The van der Waals surface area contributed by atoms with Gasteiger partial charge in [-0.1, -0.05) is 23.8 Å². The molecule has 2 aromatic carbocycles. The zero-order valence-corrected chi connectivity index (χ0v) is 16.1. The Labute approximate surface area is 164 Å².